The number of para-hydroxylation sites is 1. The molecule has 0 spiro atoms. The number of anilines is 1. The number of amides is 1. The summed E-state index contributed by atoms with van der Waals surface area (Å²) in [5.74, 6) is -0.105. The highest BCUT2D eigenvalue weighted by Gasteiger charge is 2.45. The van der Waals surface area contributed by atoms with Crippen LogP contribution in [0.25, 0.3) is 11.0 Å². The van der Waals surface area contributed by atoms with Gasteiger partial charge in [0.2, 0.25) is 10.9 Å². The van der Waals surface area contributed by atoms with Gasteiger partial charge >= 0.3 is 0 Å². The second-order valence-corrected chi connectivity index (χ2v) is 8.72. The number of aryl methyl sites for hydroxylation is 1. The summed E-state index contributed by atoms with van der Waals surface area (Å²) in [5, 5.41) is 10.3. The van der Waals surface area contributed by atoms with Crippen molar-refractivity contribution in [2.45, 2.75) is 32.7 Å². The minimum absolute atomic E-state index is 0.0746. The predicted octanol–water partition coefficient (Wildman–Crippen LogP) is 4.83. The van der Waals surface area contributed by atoms with Gasteiger partial charge in [0.1, 0.15) is 10.6 Å². The fraction of sp³-hybridized carbons (Fsp3) is 0.217. The van der Waals surface area contributed by atoms with Crippen LogP contribution in [0.5, 0.6) is 0 Å². The first-order valence-corrected chi connectivity index (χ1v) is 10.6. The van der Waals surface area contributed by atoms with Gasteiger partial charge in [-0.1, -0.05) is 67.1 Å². The molecule has 0 bridgehead atoms. The molecule has 0 fully saturated rings. The van der Waals surface area contributed by atoms with E-state index in [-0.39, 0.29) is 23.0 Å². The lowest BCUT2D eigenvalue weighted by Gasteiger charge is -2.22. The van der Waals surface area contributed by atoms with Gasteiger partial charge in [-0.15, -0.1) is 10.2 Å². The first-order chi connectivity index (χ1) is 14.5. The van der Waals surface area contributed by atoms with Gasteiger partial charge < -0.3 is 4.42 Å². The Morgan fingerprint density at radius 2 is 1.77 bits per heavy atom. The Bertz CT molecular complexity index is 1340. The van der Waals surface area contributed by atoms with Crippen molar-refractivity contribution in [3.63, 3.8) is 0 Å². The van der Waals surface area contributed by atoms with Crippen molar-refractivity contribution in [2.75, 3.05) is 4.90 Å². The predicted molar refractivity (Wildman–Crippen MR) is 116 cm³/mol. The summed E-state index contributed by atoms with van der Waals surface area (Å²) in [7, 11) is 0. The molecule has 0 aliphatic carbocycles. The Kier molecular flexibility index (Phi) is 4.29. The average molecular weight is 417 g/mol. The third kappa shape index (κ3) is 2.77. The molecule has 0 saturated carbocycles. The fourth-order valence-electron chi connectivity index (χ4n) is 3.74. The molecular weight excluding hydrogens is 398 g/mol. The van der Waals surface area contributed by atoms with Gasteiger partial charge in [-0.2, -0.15) is 0 Å². The Hall–Kier alpha value is -3.32. The maximum absolute atomic E-state index is 13.5. The normalized spacial score (nSPS) is 15.9. The second kappa shape index (κ2) is 6.88. The third-order valence-corrected chi connectivity index (χ3v) is 6.52. The fourth-order valence-corrected chi connectivity index (χ4v) is 4.61. The van der Waals surface area contributed by atoms with Crippen molar-refractivity contribution < 1.29 is 9.21 Å². The van der Waals surface area contributed by atoms with Crippen LogP contribution in [0.4, 0.5) is 5.13 Å². The number of benzene rings is 2. The van der Waals surface area contributed by atoms with Crippen molar-refractivity contribution in [1.82, 2.24) is 10.2 Å². The Morgan fingerprint density at radius 1 is 1.03 bits per heavy atom. The maximum atomic E-state index is 13.5. The quantitative estimate of drug-likeness (QED) is 0.477. The maximum Gasteiger partial charge on any atom is 0.297 e. The minimum atomic E-state index is -0.609. The van der Waals surface area contributed by atoms with Gasteiger partial charge in [0.15, 0.2) is 5.43 Å². The number of fused-ring (bicyclic) bond motifs is 2. The molecule has 0 radical (unpaired) electrons. The SMILES string of the molecule is Cc1ccc([C@H]2c3c(oc4ccccc4c3=O)C(=O)N2c2nnc(C(C)C)s2)cc1. The van der Waals surface area contributed by atoms with Crippen molar-refractivity contribution in [3.05, 3.63) is 86.2 Å². The van der Waals surface area contributed by atoms with Crippen molar-refractivity contribution in [3.8, 4) is 0 Å². The van der Waals surface area contributed by atoms with Gasteiger partial charge in [0.25, 0.3) is 5.91 Å². The molecule has 1 amide bonds. The first-order valence-electron chi connectivity index (χ1n) is 9.75. The van der Waals surface area contributed by atoms with Crippen molar-refractivity contribution in [2.24, 2.45) is 0 Å². The molecule has 150 valence electrons. The number of hydrogen-bond donors (Lipinski definition) is 0. The van der Waals surface area contributed by atoms with Crippen LogP contribution in [-0.4, -0.2) is 16.1 Å². The minimum Gasteiger partial charge on any atom is -0.450 e. The van der Waals surface area contributed by atoms with Crippen LogP contribution in [0.15, 0.2) is 57.7 Å². The summed E-state index contributed by atoms with van der Waals surface area (Å²) in [4.78, 5) is 28.4. The molecule has 1 aliphatic rings. The number of carbonyl (C=O) groups excluding carboxylic acids is 1. The summed E-state index contributed by atoms with van der Waals surface area (Å²) < 4.78 is 5.94. The van der Waals surface area contributed by atoms with Gasteiger partial charge in [0, 0.05) is 5.92 Å². The summed E-state index contributed by atoms with van der Waals surface area (Å²) in [6.45, 7) is 6.05. The van der Waals surface area contributed by atoms with E-state index in [1.54, 1.807) is 29.2 Å². The van der Waals surface area contributed by atoms with E-state index in [1.165, 1.54) is 11.3 Å². The van der Waals surface area contributed by atoms with Crippen LogP contribution < -0.4 is 10.3 Å². The number of carbonyl (C=O) groups is 1. The lowest BCUT2D eigenvalue weighted by atomic mass is 9.98. The van der Waals surface area contributed by atoms with Crippen LogP contribution in [0, 0.1) is 6.92 Å². The van der Waals surface area contributed by atoms with Gasteiger partial charge in [0.05, 0.1) is 17.0 Å². The van der Waals surface area contributed by atoms with Crippen molar-refractivity contribution in [1.29, 1.82) is 0 Å². The standard InChI is InChI=1S/C23H19N3O3S/c1-12(2)21-24-25-23(30-21)26-18(14-10-8-13(3)9-11-14)17-19(27)15-6-4-5-7-16(15)29-20(17)22(26)28/h4-12,18H,1-3H3/t18-/m0/s1. The van der Waals surface area contributed by atoms with Crippen LogP contribution >= 0.6 is 11.3 Å². The third-order valence-electron chi connectivity index (χ3n) is 5.30. The Balaban J connectivity index is 1.78. The van der Waals surface area contributed by atoms with E-state index < -0.39 is 6.04 Å². The molecule has 6 nitrogen and oxygen atoms in total. The van der Waals surface area contributed by atoms with Crippen LogP contribution in [0.3, 0.4) is 0 Å². The zero-order valence-corrected chi connectivity index (χ0v) is 17.6. The summed E-state index contributed by atoms with van der Waals surface area (Å²) in [5.41, 5.74) is 2.49. The molecule has 5 rings (SSSR count). The van der Waals surface area contributed by atoms with Crippen LogP contribution in [0.2, 0.25) is 0 Å². The van der Waals surface area contributed by atoms with Gasteiger partial charge in [-0.25, -0.2) is 0 Å². The molecule has 0 saturated heterocycles. The zero-order chi connectivity index (χ0) is 21.0. The topological polar surface area (TPSA) is 76.3 Å². The highest BCUT2D eigenvalue weighted by Crippen LogP contribution is 2.42. The van der Waals surface area contributed by atoms with E-state index in [9.17, 15) is 9.59 Å². The van der Waals surface area contributed by atoms with Crippen molar-refractivity contribution >= 4 is 33.3 Å². The number of rotatable bonds is 3. The lowest BCUT2D eigenvalue weighted by molar-refractivity contribution is 0.0970. The molecule has 4 aromatic rings. The molecule has 30 heavy (non-hydrogen) atoms. The zero-order valence-electron chi connectivity index (χ0n) is 16.7. The molecule has 1 atom stereocenters. The largest absolute Gasteiger partial charge is 0.450 e. The molecule has 3 heterocycles. The van der Waals surface area contributed by atoms with Crippen LogP contribution in [-0.2, 0) is 0 Å². The molecule has 7 heteroatoms. The molecule has 1 aliphatic heterocycles. The van der Waals surface area contributed by atoms with E-state index in [0.29, 0.717) is 21.7 Å². The summed E-state index contributed by atoms with van der Waals surface area (Å²) in [6.07, 6.45) is 0. The summed E-state index contributed by atoms with van der Waals surface area (Å²) >= 11 is 1.36. The molecule has 2 aromatic carbocycles. The Labute approximate surface area is 176 Å². The lowest BCUT2D eigenvalue weighted by Crippen LogP contribution is -2.29. The smallest absolute Gasteiger partial charge is 0.297 e. The first kappa shape index (κ1) is 18.7. The highest BCUT2D eigenvalue weighted by atomic mass is 32.1. The molecule has 0 unspecified atom stereocenters. The molecular formula is C23H19N3O3S. The van der Waals surface area contributed by atoms with Gasteiger partial charge in [-0.3, -0.25) is 14.5 Å². The number of nitrogens with zero attached hydrogens (tertiary/aromatic N) is 3. The van der Waals surface area contributed by atoms with Gasteiger partial charge in [-0.05, 0) is 24.6 Å². The Morgan fingerprint density at radius 3 is 2.47 bits per heavy atom. The molecule has 2 aromatic heterocycles. The average Bonchev–Trinajstić information content (AvgIpc) is 3.33. The van der Waals surface area contributed by atoms with E-state index in [4.69, 9.17) is 4.42 Å². The highest BCUT2D eigenvalue weighted by molar-refractivity contribution is 7.15. The molecule has 0 N–H and O–H groups in total. The van der Waals surface area contributed by atoms with Crippen LogP contribution in [0.1, 0.15) is 58.1 Å². The van der Waals surface area contributed by atoms with E-state index in [1.807, 2.05) is 45.0 Å². The van der Waals surface area contributed by atoms with E-state index >= 15 is 0 Å². The number of hydrogen-bond acceptors (Lipinski definition) is 6. The second-order valence-electron chi connectivity index (χ2n) is 7.74. The van der Waals surface area contributed by atoms with E-state index in [2.05, 4.69) is 10.2 Å². The van der Waals surface area contributed by atoms with E-state index in [0.717, 1.165) is 16.1 Å². The monoisotopic (exact) mass is 417 g/mol. The number of aromatic nitrogens is 2. The summed E-state index contributed by atoms with van der Waals surface area (Å²) in [6, 6.07) is 14.2.